The van der Waals surface area contributed by atoms with E-state index in [2.05, 4.69) is 21.2 Å². The molecule has 2 atom stereocenters. The van der Waals surface area contributed by atoms with Gasteiger partial charge >= 0.3 is 0 Å². The second-order valence-electron chi connectivity index (χ2n) is 4.40. The minimum Gasteiger partial charge on any atom is -0.396 e. The molecule has 1 saturated carbocycles. The Bertz CT molecular complexity index is 394. The van der Waals surface area contributed by atoms with Gasteiger partial charge in [0, 0.05) is 23.0 Å². The quantitative estimate of drug-likeness (QED) is 0.900. The van der Waals surface area contributed by atoms with Crippen LogP contribution < -0.4 is 5.32 Å². The lowest BCUT2D eigenvalue weighted by Gasteiger charge is -2.30. The molecule has 0 spiro atoms. The number of aliphatic hydroxyl groups is 1. The first-order valence-electron chi connectivity index (χ1n) is 5.87. The molecule has 1 aromatic rings. The van der Waals surface area contributed by atoms with Gasteiger partial charge in [-0.1, -0.05) is 12.8 Å². The summed E-state index contributed by atoms with van der Waals surface area (Å²) < 4.78 is 0.844. The van der Waals surface area contributed by atoms with Crippen LogP contribution in [-0.2, 0) is 0 Å². The summed E-state index contributed by atoms with van der Waals surface area (Å²) >= 11 is 4.80. The molecule has 94 valence electrons. The van der Waals surface area contributed by atoms with Gasteiger partial charge in [0.2, 0.25) is 0 Å². The van der Waals surface area contributed by atoms with Crippen LogP contribution in [0.3, 0.4) is 0 Å². The van der Waals surface area contributed by atoms with Gasteiger partial charge in [-0.2, -0.15) is 0 Å². The molecule has 2 N–H and O–H groups in total. The lowest BCUT2D eigenvalue weighted by Crippen LogP contribution is -2.43. The van der Waals surface area contributed by atoms with Crippen LogP contribution in [0.15, 0.2) is 15.9 Å². The smallest absolute Gasteiger partial charge is 0.262 e. The average molecular weight is 318 g/mol. The van der Waals surface area contributed by atoms with E-state index in [1.165, 1.54) is 11.3 Å². The predicted octanol–water partition coefficient (Wildman–Crippen LogP) is 2.79. The number of rotatable bonds is 3. The van der Waals surface area contributed by atoms with Crippen molar-refractivity contribution in [3.05, 3.63) is 20.8 Å². The Morgan fingerprint density at radius 1 is 1.53 bits per heavy atom. The third kappa shape index (κ3) is 3.09. The van der Waals surface area contributed by atoms with Gasteiger partial charge in [0.05, 0.1) is 0 Å². The number of nitrogens with one attached hydrogen (secondary N) is 1. The molecule has 3 nitrogen and oxygen atoms in total. The Morgan fingerprint density at radius 3 is 2.94 bits per heavy atom. The second kappa shape index (κ2) is 5.98. The van der Waals surface area contributed by atoms with Crippen molar-refractivity contribution in [1.29, 1.82) is 0 Å². The number of aliphatic hydroxyl groups excluding tert-OH is 1. The minimum absolute atomic E-state index is 0.0303. The summed E-state index contributed by atoms with van der Waals surface area (Å²) in [4.78, 5) is 12.8. The van der Waals surface area contributed by atoms with Gasteiger partial charge in [-0.25, -0.2) is 0 Å². The first kappa shape index (κ1) is 13.1. The molecular weight excluding hydrogens is 302 g/mol. The third-order valence-corrected chi connectivity index (χ3v) is 5.12. The molecule has 1 heterocycles. The highest BCUT2D eigenvalue weighted by Gasteiger charge is 2.26. The Morgan fingerprint density at radius 2 is 2.29 bits per heavy atom. The second-order valence-corrected chi connectivity index (χ2v) is 6.18. The molecule has 0 radical (unpaired) electrons. The van der Waals surface area contributed by atoms with E-state index in [1.807, 2.05) is 11.4 Å². The van der Waals surface area contributed by atoms with E-state index in [1.54, 1.807) is 0 Å². The fraction of sp³-hybridized carbons (Fsp3) is 0.583. The van der Waals surface area contributed by atoms with E-state index in [4.69, 9.17) is 0 Å². The van der Waals surface area contributed by atoms with Crippen molar-refractivity contribution in [1.82, 2.24) is 5.32 Å². The molecule has 1 amide bonds. The standard InChI is InChI=1S/C12H16BrNO2S/c13-9-5-6-17-11(9)12(16)14-10-4-2-1-3-8(10)7-15/h5-6,8,10,15H,1-4,7H2,(H,14,16). The van der Waals surface area contributed by atoms with Gasteiger partial charge < -0.3 is 10.4 Å². The Kier molecular flexibility index (Phi) is 4.59. The summed E-state index contributed by atoms with van der Waals surface area (Å²) in [5.74, 6) is 0.184. The fourth-order valence-electron chi connectivity index (χ4n) is 2.31. The van der Waals surface area contributed by atoms with Crippen molar-refractivity contribution in [2.75, 3.05) is 6.61 Å². The van der Waals surface area contributed by atoms with Gasteiger partial charge in [0.1, 0.15) is 4.88 Å². The van der Waals surface area contributed by atoms with E-state index in [0.29, 0.717) is 4.88 Å². The third-order valence-electron chi connectivity index (χ3n) is 3.28. The maximum Gasteiger partial charge on any atom is 0.262 e. The lowest BCUT2D eigenvalue weighted by molar-refractivity contribution is 0.0876. The van der Waals surface area contributed by atoms with Crippen molar-refractivity contribution in [3.63, 3.8) is 0 Å². The molecule has 1 fully saturated rings. The van der Waals surface area contributed by atoms with Gasteiger partial charge in [0.25, 0.3) is 5.91 Å². The molecule has 1 aromatic heterocycles. The average Bonchev–Trinajstić information content (AvgIpc) is 2.76. The van der Waals surface area contributed by atoms with E-state index in [0.717, 1.165) is 30.2 Å². The molecule has 17 heavy (non-hydrogen) atoms. The summed E-state index contributed by atoms with van der Waals surface area (Å²) in [6.45, 7) is 0.163. The molecule has 2 rings (SSSR count). The molecule has 0 saturated heterocycles. The van der Waals surface area contributed by atoms with Gasteiger partial charge in [0.15, 0.2) is 0 Å². The molecule has 2 unspecified atom stereocenters. The van der Waals surface area contributed by atoms with Gasteiger partial charge in [-0.05, 0) is 40.2 Å². The summed E-state index contributed by atoms with van der Waals surface area (Å²) in [6, 6.07) is 2.00. The topological polar surface area (TPSA) is 49.3 Å². The van der Waals surface area contributed by atoms with Crippen molar-refractivity contribution < 1.29 is 9.90 Å². The number of thiophene rings is 1. The Labute approximate surface area is 113 Å². The van der Waals surface area contributed by atoms with E-state index in [-0.39, 0.29) is 24.5 Å². The highest BCUT2D eigenvalue weighted by Crippen LogP contribution is 2.26. The molecule has 0 bridgehead atoms. The van der Waals surface area contributed by atoms with Crippen LogP contribution in [-0.4, -0.2) is 23.7 Å². The number of halogens is 1. The molecule has 1 aliphatic rings. The van der Waals surface area contributed by atoms with Crippen LogP contribution in [0.4, 0.5) is 0 Å². The SMILES string of the molecule is O=C(NC1CCCCC1CO)c1sccc1Br. The number of carbonyl (C=O) groups excluding carboxylic acids is 1. The normalized spacial score (nSPS) is 24.6. The van der Waals surface area contributed by atoms with Crippen molar-refractivity contribution in [3.8, 4) is 0 Å². The molecule has 0 aromatic carbocycles. The minimum atomic E-state index is -0.0303. The predicted molar refractivity (Wildman–Crippen MR) is 72.3 cm³/mol. The van der Waals surface area contributed by atoms with Gasteiger partial charge in [-0.15, -0.1) is 11.3 Å². The summed E-state index contributed by atoms with van der Waals surface area (Å²) in [5, 5.41) is 14.2. The number of carbonyl (C=O) groups is 1. The zero-order chi connectivity index (χ0) is 12.3. The summed E-state index contributed by atoms with van der Waals surface area (Å²) in [7, 11) is 0. The van der Waals surface area contributed by atoms with Crippen molar-refractivity contribution in [2.45, 2.75) is 31.7 Å². The van der Waals surface area contributed by atoms with Crippen LogP contribution >= 0.6 is 27.3 Å². The monoisotopic (exact) mass is 317 g/mol. The van der Waals surface area contributed by atoms with E-state index < -0.39 is 0 Å². The number of amides is 1. The maximum atomic E-state index is 12.0. The maximum absolute atomic E-state index is 12.0. The fourth-order valence-corrected chi connectivity index (χ4v) is 3.76. The Balaban J connectivity index is 2.00. The highest BCUT2D eigenvalue weighted by molar-refractivity contribution is 9.10. The van der Waals surface area contributed by atoms with Crippen molar-refractivity contribution in [2.24, 2.45) is 5.92 Å². The van der Waals surface area contributed by atoms with Crippen LogP contribution in [0.2, 0.25) is 0 Å². The largest absolute Gasteiger partial charge is 0.396 e. The number of hydrogen-bond acceptors (Lipinski definition) is 3. The Hall–Kier alpha value is -0.390. The lowest BCUT2D eigenvalue weighted by atomic mass is 9.85. The van der Waals surface area contributed by atoms with Gasteiger partial charge in [-0.3, -0.25) is 4.79 Å². The summed E-state index contributed by atoms with van der Waals surface area (Å²) in [5.41, 5.74) is 0. The first-order valence-corrected chi connectivity index (χ1v) is 7.54. The highest BCUT2D eigenvalue weighted by atomic mass is 79.9. The van der Waals surface area contributed by atoms with E-state index >= 15 is 0 Å². The summed E-state index contributed by atoms with van der Waals surface area (Å²) in [6.07, 6.45) is 4.26. The molecule has 0 aliphatic heterocycles. The molecule has 5 heteroatoms. The van der Waals surface area contributed by atoms with Crippen LogP contribution in [0.1, 0.15) is 35.4 Å². The van der Waals surface area contributed by atoms with Crippen LogP contribution in [0.25, 0.3) is 0 Å². The zero-order valence-corrected chi connectivity index (χ0v) is 11.9. The molecular formula is C12H16BrNO2S. The first-order chi connectivity index (χ1) is 8.22. The zero-order valence-electron chi connectivity index (χ0n) is 9.49. The molecule has 1 aliphatic carbocycles. The van der Waals surface area contributed by atoms with Crippen LogP contribution in [0, 0.1) is 5.92 Å². The van der Waals surface area contributed by atoms with E-state index in [9.17, 15) is 9.90 Å². The number of hydrogen-bond donors (Lipinski definition) is 2. The van der Waals surface area contributed by atoms with Crippen LogP contribution in [0.5, 0.6) is 0 Å². The van der Waals surface area contributed by atoms with Crippen molar-refractivity contribution >= 4 is 33.2 Å².